The first-order valence-electron chi connectivity index (χ1n) is 9.05. The van der Waals surface area contributed by atoms with Gasteiger partial charge in [0.05, 0.1) is 29.4 Å². The van der Waals surface area contributed by atoms with Gasteiger partial charge in [0.2, 0.25) is 0 Å². The first-order valence-corrected chi connectivity index (χ1v) is 9.05. The molecule has 2 aromatic carbocycles. The number of amides is 1. The lowest BCUT2D eigenvalue weighted by Gasteiger charge is -2.13. The number of nitrogens with two attached hydrogens (primary N) is 1. The molecule has 0 radical (unpaired) electrons. The molecule has 3 rings (SSSR count). The van der Waals surface area contributed by atoms with Crippen LogP contribution >= 0.6 is 0 Å². The van der Waals surface area contributed by atoms with E-state index in [1.807, 2.05) is 24.3 Å². The van der Waals surface area contributed by atoms with E-state index in [0.29, 0.717) is 22.5 Å². The number of nitrogens with zero attached hydrogens (tertiary/aromatic N) is 1. The number of fused-ring (bicyclic) bond motifs is 1. The van der Waals surface area contributed by atoms with Crippen molar-refractivity contribution in [1.29, 1.82) is 0 Å². The van der Waals surface area contributed by atoms with Gasteiger partial charge in [-0.2, -0.15) is 0 Å². The predicted molar refractivity (Wildman–Crippen MR) is 108 cm³/mol. The van der Waals surface area contributed by atoms with Gasteiger partial charge in [0, 0.05) is 5.39 Å². The highest BCUT2D eigenvalue weighted by atomic mass is 16.5. The molecule has 8 nitrogen and oxygen atoms in total. The molecular formula is C22H20N2O6. The monoisotopic (exact) mass is 408 g/mol. The summed E-state index contributed by atoms with van der Waals surface area (Å²) in [5.41, 5.74) is 7.28. The van der Waals surface area contributed by atoms with Gasteiger partial charge in [-0.15, -0.1) is 0 Å². The van der Waals surface area contributed by atoms with E-state index in [9.17, 15) is 14.4 Å². The number of aryl methyl sites for hydroxylation is 1. The van der Waals surface area contributed by atoms with E-state index in [1.165, 1.54) is 31.4 Å². The van der Waals surface area contributed by atoms with E-state index >= 15 is 0 Å². The molecule has 0 saturated heterocycles. The number of ether oxygens (including phenoxy) is 3. The molecule has 0 spiro atoms. The molecule has 0 atom stereocenters. The number of esters is 2. The number of hydrogen-bond acceptors (Lipinski definition) is 7. The van der Waals surface area contributed by atoms with E-state index in [4.69, 9.17) is 19.9 Å². The lowest BCUT2D eigenvalue weighted by atomic mass is 10.0. The molecule has 1 heterocycles. The van der Waals surface area contributed by atoms with E-state index in [0.717, 1.165) is 5.39 Å². The second kappa shape index (κ2) is 9.04. The summed E-state index contributed by atoms with van der Waals surface area (Å²) in [6, 6.07) is 13.4. The molecule has 0 aliphatic carbocycles. The highest BCUT2D eigenvalue weighted by Gasteiger charge is 2.20. The van der Waals surface area contributed by atoms with Gasteiger partial charge < -0.3 is 19.9 Å². The Morgan fingerprint density at radius 2 is 1.70 bits per heavy atom. The van der Waals surface area contributed by atoms with Crippen molar-refractivity contribution >= 4 is 28.7 Å². The third kappa shape index (κ3) is 4.54. The van der Waals surface area contributed by atoms with Crippen molar-refractivity contribution in [3.05, 3.63) is 70.9 Å². The molecule has 1 aromatic heterocycles. The van der Waals surface area contributed by atoms with Crippen molar-refractivity contribution < 1.29 is 28.6 Å². The minimum Gasteiger partial charge on any atom is -0.484 e. The first-order chi connectivity index (χ1) is 14.4. The summed E-state index contributed by atoms with van der Waals surface area (Å²) in [6.07, 6.45) is 0. The minimum atomic E-state index is -0.599. The van der Waals surface area contributed by atoms with Crippen molar-refractivity contribution in [2.45, 2.75) is 13.5 Å². The fraction of sp³-hybridized carbons (Fsp3) is 0.182. The maximum absolute atomic E-state index is 12.4. The molecule has 0 bridgehead atoms. The zero-order valence-corrected chi connectivity index (χ0v) is 16.5. The summed E-state index contributed by atoms with van der Waals surface area (Å²) in [5.74, 6) is -1.35. The van der Waals surface area contributed by atoms with Crippen LogP contribution in [0.1, 0.15) is 32.0 Å². The van der Waals surface area contributed by atoms with Crippen LogP contribution in [0.2, 0.25) is 0 Å². The Hall–Kier alpha value is -3.94. The summed E-state index contributed by atoms with van der Waals surface area (Å²) >= 11 is 0. The number of primary amides is 1. The average molecular weight is 408 g/mol. The van der Waals surface area contributed by atoms with Crippen LogP contribution in [0, 0.1) is 6.92 Å². The third-order valence-electron chi connectivity index (χ3n) is 4.43. The van der Waals surface area contributed by atoms with Gasteiger partial charge in [-0.1, -0.05) is 18.2 Å². The quantitative estimate of drug-likeness (QED) is 0.597. The van der Waals surface area contributed by atoms with Crippen molar-refractivity contribution in [2.75, 3.05) is 13.7 Å². The van der Waals surface area contributed by atoms with E-state index in [-0.39, 0.29) is 24.3 Å². The average Bonchev–Trinajstić information content (AvgIpc) is 2.76. The Bertz CT molecular complexity index is 1110. The van der Waals surface area contributed by atoms with Crippen LogP contribution in [0.4, 0.5) is 0 Å². The molecule has 3 aromatic rings. The van der Waals surface area contributed by atoms with Crippen LogP contribution in [0.25, 0.3) is 10.9 Å². The van der Waals surface area contributed by atoms with Crippen LogP contribution < -0.4 is 10.5 Å². The zero-order chi connectivity index (χ0) is 21.7. The number of carbonyl (C=O) groups is 3. The number of para-hydroxylation sites is 1. The largest absolute Gasteiger partial charge is 0.484 e. The molecule has 2 N–H and O–H groups in total. The van der Waals surface area contributed by atoms with Crippen LogP contribution in [0.5, 0.6) is 5.75 Å². The van der Waals surface area contributed by atoms with Crippen molar-refractivity contribution in [3.63, 3.8) is 0 Å². The molecule has 0 fully saturated rings. The summed E-state index contributed by atoms with van der Waals surface area (Å²) < 4.78 is 15.4. The topological polar surface area (TPSA) is 118 Å². The maximum atomic E-state index is 12.4. The number of pyridine rings is 1. The van der Waals surface area contributed by atoms with Crippen LogP contribution in [-0.4, -0.2) is 36.5 Å². The Balaban J connectivity index is 1.80. The van der Waals surface area contributed by atoms with Gasteiger partial charge in [-0.05, 0) is 42.8 Å². The Morgan fingerprint density at radius 3 is 2.37 bits per heavy atom. The number of carbonyl (C=O) groups excluding carboxylic acids is 3. The minimum absolute atomic E-state index is 0.200. The summed E-state index contributed by atoms with van der Waals surface area (Å²) in [4.78, 5) is 40.0. The number of methoxy groups -OCH3 is 1. The first kappa shape index (κ1) is 20.8. The fourth-order valence-electron chi connectivity index (χ4n) is 2.98. The van der Waals surface area contributed by atoms with Gasteiger partial charge in [0.15, 0.2) is 6.61 Å². The Kier molecular flexibility index (Phi) is 6.26. The number of benzene rings is 2. The summed E-state index contributed by atoms with van der Waals surface area (Å²) in [7, 11) is 1.29. The number of aromatic nitrogens is 1. The van der Waals surface area contributed by atoms with Gasteiger partial charge >= 0.3 is 11.9 Å². The van der Waals surface area contributed by atoms with Gasteiger partial charge in [0.25, 0.3) is 5.91 Å². The van der Waals surface area contributed by atoms with Gasteiger partial charge in [-0.25, -0.2) is 14.6 Å². The highest BCUT2D eigenvalue weighted by molar-refractivity contribution is 5.98. The number of hydrogen-bond donors (Lipinski definition) is 1. The highest BCUT2D eigenvalue weighted by Crippen LogP contribution is 2.24. The molecule has 1 amide bonds. The number of rotatable bonds is 7. The lowest BCUT2D eigenvalue weighted by molar-refractivity contribution is -0.119. The third-order valence-corrected chi connectivity index (χ3v) is 4.43. The van der Waals surface area contributed by atoms with Crippen molar-refractivity contribution in [1.82, 2.24) is 4.98 Å². The van der Waals surface area contributed by atoms with Gasteiger partial charge in [0.1, 0.15) is 12.4 Å². The summed E-state index contributed by atoms with van der Waals surface area (Å²) in [5, 5.41) is 0.819. The molecule has 0 aliphatic rings. The lowest BCUT2D eigenvalue weighted by Crippen LogP contribution is -2.20. The standard InChI is InChI=1S/C22H20N2O6/c1-13-16-5-3-4-6-17(16)24-18(20(13)22(27)28-2)11-30-21(26)14-7-9-15(10-8-14)29-12-19(23)25/h3-10H,11-12H2,1-2H3,(H2,23,25). The molecule has 0 aliphatic heterocycles. The SMILES string of the molecule is COC(=O)c1c(COC(=O)c2ccc(OCC(N)=O)cc2)nc2ccccc2c1C. The molecule has 30 heavy (non-hydrogen) atoms. The van der Waals surface area contributed by atoms with E-state index in [1.54, 1.807) is 6.92 Å². The summed E-state index contributed by atoms with van der Waals surface area (Å²) in [6.45, 7) is 1.34. The molecule has 154 valence electrons. The van der Waals surface area contributed by atoms with Crippen LogP contribution in [-0.2, 0) is 20.9 Å². The fourth-order valence-corrected chi connectivity index (χ4v) is 2.98. The zero-order valence-electron chi connectivity index (χ0n) is 16.5. The second-order valence-corrected chi connectivity index (χ2v) is 6.42. The molecule has 0 saturated carbocycles. The Labute approximate surface area is 172 Å². The predicted octanol–water partition coefficient (Wildman–Crippen LogP) is 2.55. The molecule has 8 heteroatoms. The second-order valence-electron chi connectivity index (χ2n) is 6.42. The molecular weight excluding hydrogens is 388 g/mol. The van der Waals surface area contributed by atoms with E-state index < -0.39 is 17.8 Å². The van der Waals surface area contributed by atoms with Gasteiger partial charge in [-0.3, -0.25) is 4.79 Å². The molecule has 0 unspecified atom stereocenters. The normalized spacial score (nSPS) is 10.5. The van der Waals surface area contributed by atoms with Crippen molar-refractivity contribution in [2.24, 2.45) is 5.73 Å². The van der Waals surface area contributed by atoms with Crippen LogP contribution in [0.3, 0.4) is 0 Å². The van der Waals surface area contributed by atoms with E-state index in [2.05, 4.69) is 4.98 Å². The maximum Gasteiger partial charge on any atom is 0.340 e. The van der Waals surface area contributed by atoms with Crippen LogP contribution in [0.15, 0.2) is 48.5 Å². The van der Waals surface area contributed by atoms with Crippen molar-refractivity contribution in [3.8, 4) is 5.75 Å². The Morgan fingerprint density at radius 1 is 1.00 bits per heavy atom. The smallest absolute Gasteiger partial charge is 0.340 e.